The van der Waals surface area contributed by atoms with Crippen molar-refractivity contribution in [1.29, 1.82) is 0 Å². The number of thioether (sulfide) groups is 1. The predicted octanol–water partition coefficient (Wildman–Crippen LogP) is 3.08. The summed E-state index contributed by atoms with van der Waals surface area (Å²) < 4.78 is 6.75. The minimum atomic E-state index is -0.0970. The highest BCUT2D eigenvalue weighted by molar-refractivity contribution is 7.99. The summed E-state index contributed by atoms with van der Waals surface area (Å²) in [5.41, 5.74) is 0.555. The topological polar surface area (TPSA) is 73.2 Å². The van der Waals surface area contributed by atoms with Gasteiger partial charge in [0.15, 0.2) is 5.16 Å². The molecule has 0 saturated heterocycles. The second kappa shape index (κ2) is 9.56. The van der Waals surface area contributed by atoms with E-state index in [1.165, 1.54) is 18.2 Å². The van der Waals surface area contributed by atoms with Gasteiger partial charge in [0.2, 0.25) is 5.91 Å². The number of carbonyl (C=O) groups is 1. The molecule has 1 amide bonds. The lowest BCUT2D eigenvalue weighted by atomic mass is 9.78. The molecule has 0 radical (unpaired) electrons. The van der Waals surface area contributed by atoms with Gasteiger partial charge in [0.05, 0.1) is 29.8 Å². The zero-order valence-corrected chi connectivity index (χ0v) is 17.6. The van der Waals surface area contributed by atoms with Gasteiger partial charge < -0.3 is 10.1 Å². The summed E-state index contributed by atoms with van der Waals surface area (Å²) in [7, 11) is 1.60. The van der Waals surface area contributed by atoms with Crippen LogP contribution in [0.25, 0.3) is 10.9 Å². The molecule has 1 saturated carbocycles. The van der Waals surface area contributed by atoms with Gasteiger partial charge >= 0.3 is 0 Å². The highest BCUT2D eigenvalue weighted by Gasteiger charge is 2.28. The molecule has 1 heterocycles. The van der Waals surface area contributed by atoms with Gasteiger partial charge in [0.25, 0.3) is 5.56 Å². The maximum atomic E-state index is 12.8. The standard InChI is InChI=1S/C21H29N3O3S/c1-14-7-6-10-17(15(14)2)22-19(25)13-28-21-23-18-9-5-4-8-16(18)20(26)24(21)11-12-27-3/h4-5,8-9,14-15,17H,6-7,10-13H2,1-3H3,(H,22,25)/t14-,15+,17+/m0/s1. The van der Waals surface area contributed by atoms with Crippen molar-refractivity contribution in [1.82, 2.24) is 14.9 Å². The molecule has 6 nitrogen and oxygen atoms in total. The van der Waals surface area contributed by atoms with Crippen molar-refractivity contribution in [3.8, 4) is 0 Å². The Balaban J connectivity index is 1.73. The van der Waals surface area contributed by atoms with E-state index in [4.69, 9.17) is 4.74 Å². The van der Waals surface area contributed by atoms with Crippen molar-refractivity contribution in [3.63, 3.8) is 0 Å². The summed E-state index contributed by atoms with van der Waals surface area (Å²) in [5, 5.41) is 4.32. The molecule has 0 unspecified atom stereocenters. The van der Waals surface area contributed by atoms with Crippen molar-refractivity contribution in [2.75, 3.05) is 19.5 Å². The van der Waals surface area contributed by atoms with Gasteiger partial charge in [0.1, 0.15) is 0 Å². The third kappa shape index (κ3) is 4.75. The maximum Gasteiger partial charge on any atom is 0.262 e. The molecule has 1 fully saturated rings. The Morgan fingerprint density at radius 2 is 2.11 bits per heavy atom. The SMILES string of the molecule is COCCn1c(SCC(=O)N[C@@H]2CCC[C@H](C)[C@H]2C)nc2ccccc2c1=O. The van der Waals surface area contributed by atoms with Crippen LogP contribution in [0.5, 0.6) is 0 Å². The molecular weight excluding hydrogens is 374 g/mol. The molecule has 1 N–H and O–H groups in total. The monoisotopic (exact) mass is 403 g/mol. The molecule has 0 aliphatic heterocycles. The highest BCUT2D eigenvalue weighted by Crippen LogP contribution is 2.29. The molecule has 1 aliphatic rings. The lowest BCUT2D eigenvalue weighted by Crippen LogP contribution is -2.44. The van der Waals surface area contributed by atoms with E-state index in [-0.39, 0.29) is 23.3 Å². The highest BCUT2D eigenvalue weighted by atomic mass is 32.2. The van der Waals surface area contributed by atoms with Crippen LogP contribution in [0.2, 0.25) is 0 Å². The first kappa shape index (κ1) is 20.9. The zero-order chi connectivity index (χ0) is 20.1. The smallest absolute Gasteiger partial charge is 0.262 e. The first-order chi connectivity index (χ1) is 13.5. The van der Waals surface area contributed by atoms with Crippen molar-refractivity contribution in [3.05, 3.63) is 34.6 Å². The number of hydrogen-bond acceptors (Lipinski definition) is 5. The van der Waals surface area contributed by atoms with Gasteiger partial charge in [-0.15, -0.1) is 0 Å². The molecule has 152 valence electrons. The summed E-state index contributed by atoms with van der Waals surface area (Å²) in [6.07, 6.45) is 3.43. The minimum Gasteiger partial charge on any atom is -0.383 e. The van der Waals surface area contributed by atoms with E-state index in [2.05, 4.69) is 24.1 Å². The predicted molar refractivity (Wildman–Crippen MR) is 113 cm³/mol. The molecule has 3 rings (SSSR count). The maximum absolute atomic E-state index is 12.8. The Kier molecular flexibility index (Phi) is 7.13. The number of nitrogens with zero attached hydrogens (tertiary/aromatic N) is 2. The summed E-state index contributed by atoms with van der Waals surface area (Å²) in [6, 6.07) is 7.53. The molecule has 7 heteroatoms. The van der Waals surface area contributed by atoms with Crippen LogP contribution in [0, 0.1) is 11.8 Å². The second-order valence-electron chi connectivity index (χ2n) is 7.59. The summed E-state index contributed by atoms with van der Waals surface area (Å²) >= 11 is 1.31. The molecule has 2 aromatic rings. The van der Waals surface area contributed by atoms with E-state index in [0.717, 1.165) is 12.8 Å². The first-order valence-electron chi connectivity index (χ1n) is 9.92. The average Bonchev–Trinajstić information content (AvgIpc) is 2.69. The fraction of sp³-hybridized carbons (Fsp3) is 0.571. The molecule has 0 spiro atoms. The number of rotatable bonds is 7. The van der Waals surface area contributed by atoms with E-state index >= 15 is 0 Å². The van der Waals surface area contributed by atoms with E-state index in [1.54, 1.807) is 17.7 Å². The van der Waals surface area contributed by atoms with Crippen LogP contribution in [0.3, 0.4) is 0 Å². The van der Waals surface area contributed by atoms with Gasteiger partial charge in [-0.3, -0.25) is 14.2 Å². The van der Waals surface area contributed by atoms with E-state index in [9.17, 15) is 9.59 Å². The Morgan fingerprint density at radius 1 is 1.32 bits per heavy atom. The van der Waals surface area contributed by atoms with Crippen LogP contribution in [0.4, 0.5) is 0 Å². The molecule has 1 aromatic carbocycles. The normalized spacial score (nSPS) is 22.3. The van der Waals surface area contributed by atoms with Crippen LogP contribution >= 0.6 is 11.8 Å². The number of fused-ring (bicyclic) bond motifs is 1. The van der Waals surface area contributed by atoms with Crippen molar-refractivity contribution in [2.24, 2.45) is 11.8 Å². The summed E-state index contributed by atoms with van der Waals surface area (Å²) in [4.78, 5) is 30.0. The number of carbonyl (C=O) groups excluding carboxylic acids is 1. The largest absolute Gasteiger partial charge is 0.383 e. The molecule has 0 bridgehead atoms. The Morgan fingerprint density at radius 3 is 2.89 bits per heavy atom. The summed E-state index contributed by atoms with van der Waals surface area (Å²) in [5.74, 6) is 1.36. The Bertz CT molecular complexity index is 883. The van der Waals surface area contributed by atoms with Crippen LogP contribution < -0.4 is 10.9 Å². The Labute approximate surface area is 170 Å². The minimum absolute atomic E-state index is 0.00310. The number of hydrogen-bond donors (Lipinski definition) is 1. The third-order valence-electron chi connectivity index (χ3n) is 5.73. The number of ether oxygens (including phenoxy) is 1. The number of para-hydroxylation sites is 1. The zero-order valence-electron chi connectivity index (χ0n) is 16.8. The van der Waals surface area contributed by atoms with E-state index in [1.807, 2.05) is 18.2 Å². The lowest BCUT2D eigenvalue weighted by Gasteiger charge is -2.34. The van der Waals surface area contributed by atoms with Crippen LogP contribution in [0.1, 0.15) is 33.1 Å². The van der Waals surface area contributed by atoms with Crippen molar-refractivity contribution >= 4 is 28.6 Å². The van der Waals surface area contributed by atoms with Gasteiger partial charge in [-0.1, -0.05) is 50.6 Å². The molecular formula is C21H29N3O3S. The fourth-order valence-electron chi connectivity index (χ4n) is 3.80. The van der Waals surface area contributed by atoms with Gasteiger partial charge in [0, 0.05) is 13.2 Å². The quantitative estimate of drug-likeness (QED) is 0.568. The second-order valence-corrected chi connectivity index (χ2v) is 8.53. The number of amides is 1. The lowest BCUT2D eigenvalue weighted by molar-refractivity contribution is -0.120. The molecule has 1 aliphatic carbocycles. The van der Waals surface area contributed by atoms with Crippen LogP contribution in [-0.4, -0.2) is 41.0 Å². The number of benzene rings is 1. The number of nitrogens with one attached hydrogen (secondary N) is 1. The van der Waals surface area contributed by atoms with Gasteiger partial charge in [-0.05, 0) is 30.4 Å². The van der Waals surface area contributed by atoms with Crippen molar-refractivity contribution in [2.45, 2.75) is 50.9 Å². The molecule has 28 heavy (non-hydrogen) atoms. The molecule has 1 aromatic heterocycles. The molecule has 3 atom stereocenters. The van der Waals surface area contributed by atoms with Crippen molar-refractivity contribution < 1.29 is 9.53 Å². The van der Waals surface area contributed by atoms with Gasteiger partial charge in [-0.2, -0.15) is 0 Å². The Hall–Kier alpha value is -1.86. The average molecular weight is 404 g/mol. The van der Waals surface area contributed by atoms with E-state index < -0.39 is 0 Å². The fourth-order valence-corrected chi connectivity index (χ4v) is 4.64. The van der Waals surface area contributed by atoms with Gasteiger partial charge in [-0.25, -0.2) is 4.98 Å². The van der Waals surface area contributed by atoms with E-state index in [0.29, 0.717) is 41.0 Å². The summed E-state index contributed by atoms with van der Waals surface area (Å²) in [6.45, 7) is 5.30. The third-order valence-corrected chi connectivity index (χ3v) is 6.71. The first-order valence-corrected chi connectivity index (χ1v) is 10.9. The van der Waals surface area contributed by atoms with Crippen LogP contribution in [0.15, 0.2) is 34.2 Å². The number of aromatic nitrogens is 2. The van der Waals surface area contributed by atoms with Crippen LogP contribution in [-0.2, 0) is 16.1 Å². The number of methoxy groups -OCH3 is 1.